The summed E-state index contributed by atoms with van der Waals surface area (Å²) in [6.07, 6.45) is 3.61. The van der Waals surface area contributed by atoms with Gasteiger partial charge in [0.05, 0.1) is 77.8 Å². The Bertz CT molecular complexity index is 6070. The van der Waals surface area contributed by atoms with Gasteiger partial charge in [0.1, 0.15) is 82.9 Å². The van der Waals surface area contributed by atoms with Crippen molar-refractivity contribution in [2.75, 3.05) is 112 Å². The van der Waals surface area contributed by atoms with Crippen LogP contribution in [0.5, 0.6) is 0 Å². The molecule has 2 amide bonds. The lowest BCUT2D eigenvalue weighted by Gasteiger charge is -2.26. The number of nitrogens with zero attached hydrogens (tertiary/aromatic N) is 22. The van der Waals surface area contributed by atoms with Gasteiger partial charge in [0.2, 0.25) is 5.91 Å². The Hall–Kier alpha value is -13.8. The maximum Gasteiger partial charge on any atom is 0.412 e. The number of methoxy groups -OCH3 is 1. The number of benzene rings is 4. The Kier molecular flexibility index (Phi) is 18.8. The predicted molar refractivity (Wildman–Crippen MR) is 400 cm³/mol. The van der Waals surface area contributed by atoms with Crippen molar-refractivity contribution in [1.29, 1.82) is 0 Å². The minimum atomic E-state index is -0.636. The first-order valence-electron chi connectivity index (χ1n) is 34.1. The molecule has 12 aromatic heterocycles. The Balaban J connectivity index is 0.000000115. The SMILES string of the molecule is COC(=O)Nc1noc2ccc(-c3nn(C(C)C)c4ncnc(N)c34)cc12.Cc1nc(N)c2c(-c3ccc4oc(N)nc4c3)nn(C(C)C)c2n1.Nc1noc2ccc(-c3nn(CC(=O)N4CCOCC4)c4ncnc(N)c34)cc12.Nc1noc2ccc(-c3nn(CCN4CCOCC4)c4ncnc(N)c34)cc12. The van der Waals surface area contributed by atoms with E-state index in [1.54, 1.807) is 26.4 Å². The van der Waals surface area contributed by atoms with Gasteiger partial charge in [-0.2, -0.15) is 25.4 Å². The summed E-state index contributed by atoms with van der Waals surface area (Å²) < 4.78 is 43.4. The summed E-state index contributed by atoms with van der Waals surface area (Å²) in [6, 6.07) is 22.4. The van der Waals surface area contributed by atoms with Gasteiger partial charge in [-0.3, -0.25) is 15.0 Å². The van der Waals surface area contributed by atoms with E-state index >= 15 is 0 Å². The molecular formula is C69H72N30O9. The molecule has 108 heavy (non-hydrogen) atoms. The van der Waals surface area contributed by atoms with Crippen LogP contribution in [0.1, 0.15) is 45.6 Å². The molecule has 39 heteroatoms. The van der Waals surface area contributed by atoms with Crippen LogP contribution in [0.4, 0.5) is 51.5 Å². The second kappa shape index (κ2) is 29.0. The molecule has 4 aromatic carbocycles. The maximum atomic E-state index is 12.7. The third-order valence-corrected chi connectivity index (χ3v) is 18.1. The van der Waals surface area contributed by atoms with Gasteiger partial charge in [-0.05, 0) is 107 Å². The van der Waals surface area contributed by atoms with Crippen molar-refractivity contribution in [3.63, 3.8) is 0 Å². The number of carbonyl (C=O) groups excluding carboxylic acids is 2. The van der Waals surface area contributed by atoms with Crippen LogP contribution in [-0.4, -0.2) is 188 Å². The number of aryl methyl sites for hydroxylation is 1. The van der Waals surface area contributed by atoms with E-state index in [1.807, 2.05) is 105 Å². The smallest absolute Gasteiger partial charge is 0.412 e. The molecule has 0 unspecified atom stereocenters. The van der Waals surface area contributed by atoms with Crippen LogP contribution in [0.15, 0.2) is 110 Å². The zero-order valence-corrected chi connectivity index (χ0v) is 59.1. The van der Waals surface area contributed by atoms with Crippen molar-refractivity contribution in [3.8, 4) is 45.0 Å². The third kappa shape index (κ3) is 13.5. The molecule has 15 N–H and O–H groups in total. The van der Waals surface area contributed by atoms with Gasteiger partial charge >= 0.3 is 6.09 Å². The molecule has 14 heterocycles. The molecule has 2 saturated heterocycles. The first-order valence-corrected chi connectivity index (χ1v) is 34.1. The summed E-state index contributed by atoms with van der Waals surface area (Å²) in [7, 11) is 1.27. The Morgan fingerprint density at radius 2 is 0.954 bits per heavy atom. The van der Waals surface area contributed by atoms with Crippen LogP contribution in [0.3, 0.4) is 0 Å². The fraction of sp³-hybridized carbons (Fsp3) is 0.275. The number of oxazole rings is 1. The maximum absolute atomic E-state index is 12.7. The minimum Gasteiger partial charge on any atom is -0.453 e. The number of nitrogens with one attached hydrogen (secondary N) is 1. The summed E-state index contributed by atoms with van der Waals surface area (Å²) in [6.45, 7) is 17.1. The van der Waals surface area contributed by atoms with Crippen molar-refractivity contribution in [2.45, 2.75) is 59.8 Å². The van der Waals surface area contributed by atoms with E-state index in [1.165, 1.54) is 26.1 Å². The lowest BCUT2D eigenvalue weighted by molar-refractivity contribution is -0.136. The normalized spacial score (nSPS) is 13.5. The molecule has 0 radical (unpaired) electrons. The average molecular weight is 1470 g/mol. The van der Waals surface area contributed by atoms with E-state index < -0.39 is 6.09 Å². The molecule has 0 saturated carbocycles. The summed E-state index contributed by atoms with van der Waals surface area (Å²) >= 11 is 0. The zero-order valence-electron chi connectivity index (χ0n) is 59.1. The van der Waals surface area contributed by atoms with Crippen LogP contribution in [0.2, 0.25) is 0 Å². The van der Waals surface area contributed by atoms with Crippen molar-refractivity contribution < 1.29 is 41.8 Å². The highest BCUT2D eigenvalue weighted by Gasteiger charge is 2.27. The lowest BCUT2D eigenvalue weighted by atomic mass is 10.1. The number of aromatic nitrogens is 20. The largest absolute Gasteiger partial charge is 0.453 e. The molecule has 39 nitrogen and oxygen atoms in total. The van der Waals surface area contributed by atoms with Crippen LogP contribution in [0, 0.1) is 6.92 Å². The van der Waals surface area contributed by atoms with E-state index in [4.69, 9.17) is 77.8 Å². The fourth-order valence-electron chi connectivity index (χ4n) is 12.8. The van der Waals surface area contributed by atoms with Crippen LogP contribution < -0.4 is 45.5 Å². The second-order valence-corrected chi connectivity index (χ2v) is 25.7. The molecule has 0 spiro atoms. The molecule has 2 fully saturated rings. The molecule has 0 atom stereocenters. The van der Waals surface area contributed by atoms with Gasteiger partial charge in [0, 0.05) is 67.1 Å². The Morgan fingerprint density at radius 3 is 1.52 bits per heavy atom. The van der Waals surface area contributed by atoms with E-state index in [2.05, 4.69) is 85.5 Å². The topological polar surface area (TPSA) is 541 Å². The molecule has 18 rings (SSSR count). The molecule has 16 aromatic rings. The summed E-state index contributed by atoms with van der Waals surface area (Å²) in [5, 5.41) is 37.6. The summed E-state index contributed by atoms with van der Waals surface area (Å²) in [5.41, 5.74) is 53.5. The fourth-order valence-corrected chi connectivity index (χ4v) is 12.8. The van der Waals surface area contributed by atoms with Gasteiger partial charge in [-0.1, -0.05) is 15.5 Å². The number of hydrogen-bond donors (Lipinski definition) is 8. The van der Waals surface area contributed by atoms with Crippen LogP contribution >= 0.6 is 0 Å². The van der Waals surface area contributed by atoms with E-state index in [0.29, 0.717) is 140 Å². The van der Waals surface area contributed by atoms with Gasteiger partial charge in [-0.25, -0.2) is 63.4 Å². The summed E-state index contributed by atoms with van der Waals surface area (Å²) in [5.74, 6) is 2.90. The molecule has 0 aliphatic carbocycles. The number of ether oxygens (including phenoxy) is 3. The van der Waals surface area contributed by atoms with Gasteiger partial charge in [0.25, 0.3) is 6.01 Å². The van der Waals surface area contributed by atoms with Crippen molar-refractivity contribution in [1.82, 2.24) is 109 Å². The quantitative estimate of drug-likeness (QED) is 0.0588. The molecule has 552 valence electrons. The zero-order chi connectivity index (χ0) is 75.2. The molecule has 0 bridgehead atoms. The van der Waals surface area contributed by atoms with Crippen molar-refractivity contribution in [3.05, 3.63) is 97.6 Å². The number of morpholine rings is 2. The number of carbonyl (C=O) groups is 2. The monoisotopic (exact) mass is 1460 g/mol. The van der Waals surface area contributed by atoms with Gasteiger partial charge < -0.3 is 77.2 Å². The minimum absolute atomic E-state index is 0.0462. The van der Waals surface area contributed by atoms with Crippen LogP contribution in [0.25, 0.3) is 133 Å². The highest BCUT2D eigenvalue weighted by molar-refractivity contribution is 6.05. The number of anilines is 8. The first kappa shape index (κ1) is 69.9. The molecule has 2 aliphatic heterocycles. The van der Waals surface area contributed by atoms with Gasteiger partial charge in [-0.15, -0.1) is 0 Å². The highest BCUT2D eigenvalue weighted by Crippen LogP contribution is 2.39. The standard InChI is InChI=1S/C18H18N8O3.C18H20N8O2.C17H17N7O3.C16H17N7O/c19-16-11-7-10(1-2-12(11)29-24-16)15-14-17(20)21-9-22-18(14)26(23-15)8-13(27)25-3-5-28-6-4-25;19-16-12-9-11(1-2-13(12)28-24-16)15-14-17(20)21-10-22-18(14)26(23-15)4-3-25-5-7-27-8-6-25;1-8(2)24-16-12(14(18)19-7-20-16)13(22-24)9-4-5-11-10(6-9)15(23-27-11)21-17(25)26-3;1-7(2)23-15-12(14(17)19-8(3)20-15)13(22-23)9-4-5-11-10(6-9)21-16(18)24-11/h1-2,7,9H,3-6,8H2,(H2,19,24)(H2,20,21,22);1-2,9-10H,3-8H2,(H2,19,24)(H2,20,21,22);4-8H,1-3H3,(H2,18,19,20)(H,21,23,25);4-7H,1-3H3,(H2,18,21)(H2,17,19,20). The average Bonchev–Trinajstić information content (AvgIpc) is 1.63. The number of hydrogen-bond acceptors (Lipinski definition) is 33. The number of rotatable bonds is 12. The number of nitrogens with two attached hydrogens (primary N) is 7. The van der Waals surface area contributed by atoms with E-state index in [-0.39, 0.29) is 48.0 Å². The number of amides is 2. The van der Waals surface area contributed by atoms with Gasteiger partial charge in [0.15, 0.2) is 62.4 Å². The number of fused-ring (bicyclic) bond motifs is 8. The number of nitrogen functional groups attached to an aromatic ring is 7. The molecule has 2 aliphatic rings. The predicted octanol–water partition coefficient (Wildman–Crippen LogP) is 7.45. The third-order valence-electron chi connectivity index (χ3n) is 18.1. The lowest BCUT2D eigenvalue weighted by Crippen LogP contribution is -2.42. The molecular weight excluding hydrogens is 1390 g/mol. The van der Waals surface area contributed by atoms with E-state index in [0.717, 1.165) is 88.3 Å². The van der Waals surface area contributed by atoms with Crippen molar-refractivity contribution >= 4 is 147 Å². The van der Waals surface area contributed by atoms with E-state index in [9.17, 15) is 9.59 Å². The van der Waals surface area contributed by atoms with Crippen LogP contribution in [-0.2, 0) is 32.1 Å². The Labute approximate surface area is 609 Å². The summed E-state index contributed by atoms with van der Waals surface area (Å²) in [4.78, 5) is 66.8. The second-order valence-electron chi connectivity index (χ2n) is 25.7. The highest BCUT2D eigenvalue weighted by atomic mass is 16.5. The van der Waals surface area contributed by atoms with Crippen molar-refractivity contribution in [2.24, 2.45) is 0 Å². The first-order chi connectivity index (χ1) is 52.2. The Morgan fingerprint density at radius 1 is 0.491 bits per heavy atom.